The predicted octanol–water partition coefficient (Wildman–Crippen LogP) is 2.72. The molecule has 0 bridgehead atoms. The first-order valence-electron chi connectivity index (χ1n) is 4.32. The molecule has 0 aromatic heterocycles. The third-order valence-electron chi connectivity index (χ3n) is 2.57. The van der Waals surface area contributed by atoms with Crippen molar-refractivity contribution in [2.24, 2.45) is 0 Å². The highest BCUT2D eigenvalue weighted by molar-refractivity contribution is 7.59. The summed E-state index contributed by atoms with van der Waals surface area (Å²) in [7, 11) is 2.55. The molecule has 0 saturated heterocycles. The molecule has 1 aliphatic carbocycles. The lowest BCUT2D eigenvalue weighted by Crippen LogP contribution is -2.05. The minimum absolute atomic E-state index is 0. The van der Waals surface area contributed by atoms with Crippen molar-refractivity contribution in [3.8, 4) is 0 Å². The smallest absolute Gasteiger partial charge is 0.190 e. The molecule has 2 atom stereocenters. The first-order chi connectivity index (χ1) is 6.36. The number of fused-ring (bicyclic) bond motifs is 1. The van der Waals surface area contributed by atoms with Crippen LogP contribution in [-0.2, 0) is 6.42 Å². The van der Waals surface area contributed by atoms with Crippen LogP contribution in [0.4, 0.5) is 5.69 Å². The van der Waals surface area contributed by atoms with Crippen LogP contribution in [0.5, 0.6) is 0 Å². The van der Waals surface area contributed by atoms with Crippen molar-refractivity contribution in [1.29, 1.82) is 0 Å². The Bertz CT molecular complexity index is 373. The van der Waals surface area contributed by atoms with Crippen molar-refractivity contribution in [2.75, 3.05) is 0 Å². The summed E-state index contributed by atoms with van der Waals surface area (Å²) in [6, 6.07) is 6.39. The van der Waals surface area contributed by atoms with Gasteiger partial charge in [0.15, 0.2) is 5.69 Å². The second-order valence-electron chi connectivity index (χ2n) is 3.21. The second kappa shape index (κ2) is 4.79. The van der Waals surface area contributed by atoms with E-state index < -0.39 is 0 Å². The molecule has 0 fully saturated rings. The maximum Gasteiger partial charge on any atom is 0.190 e. The van der Waals surface area contributed by atoms with Gasteiger partial charge >= 0.3 is 0 Å². The number of benzene rings is 1. The summed E-state index contributed by atoms with van der Waals surface area (Å²) < 4.78 is 0. The summed E-state index contributed by atoms with van der Waals surface area (Å²) >= 11 is 0. The third-order valence-corrected chi connectivity index (χ3v) is 2.97. The van der Waals surface area contributed by atoms with Gasteiger partial charge in [-0.05, 0) is 24.0 Å². The molecule has 1 aromatic rings. The summed E-state index contributed by atoms with van der Waals surface area (Å²) in [6.07, 6.45) is 2.13. The van der Waals surface area contributed by atoms with Crippen LogP contribution in [0.15, 0.2) is 18.2 Å². The van der Waals surface area contributed by atoms with Crippen LogP contribution in [0.1, 0.15) is 23.6 Å². The zero-order chi connectivity index (χ0) is 9.26. The number of nitrogens with one attached hydrogen (secondary N) is 1. The van der Waals surface area contributed by atoms with E-state index in [4.69, 9.17) is 6.57 Å². The average molecular weight is 224 g/mol. The van der Waals surface area contributed by atoms with E-state index in [1.165, 1.54) is 11.1 Å². The van der Waals surface area contributed by atoms with Crippen LogP contribution in [-0.4, -0.2) is 0 Å². The summed E-state index contributed by atoms with van der Waals surface area (Å²) in [6.45, 7) is 7.03. The van der Waals surface area contributed by atoms with E-state index in [1.807, 2.05) is 12.1 Å². The molecule has 0 aliphatic heterocycles. The van der Waals surface area contributed by atoms with E-state index in [9.17, 15) is 0 Å². The van der Waals surface area contributed by atoms with E-state index in [2.05, 4.69) is 25.4 Å². The molecular formula is C10H13N2PS. The van der Waals surface area contributed by atoms with Gasteiger partial charge in [-0.1, -0.05) is 27.6 Å². The molecular weight excluding hydrogens is 211 g/mol. The molecule has 0 amide bonds. The lowest BCUT2D eigenvalue weighted by molar-refractivity contribution is 0.667. The second-order valence-corrected chi connectivity index (χ2v) is 3.55. The maximum atomic E-state index is 7.03. The fourth-order valence-electron chi connectivity index (χ4n) is 1.91. The van der Waals surface area contributed by atoms with Gasteiger partial charge in [0.1, 0.15) is 0 Å². The van der Waals surface area contributed by atoms with Gasteiger partial charge in [-0.3, -0.25) is 5.09 Å². The zero-order valence-electron chi connectivity index (χ0n) is 7.75. The molecule has 1 N–H and O–H groups in total. The fourth-order valence-corrected chi connectivity index (χ4v) is 2.26. The van der Waals surface area contributed by atoms with E-state index in [1.54, 1.807) is 0 Å². The van der Waals surface area contributed by atoms with Gasteiger partial charge in [0.05, 0.1) is 6.57 Å². The van der Waals surface area contributed by atoms with Crippen LogP contribution < -0.4 is 5.09 Å². The Balaban J connectivity index is 0.000000980. The molecule has 0 radical (unpaired) electrons. The highest BCUT2D eigenvalue weighted by Crippen LogP contribution is 2.37. The fraction of sp³-hybridized carbons (Fsp3) is 0.300. The van der Waals surface area contributed by atoms with Gasteiger partial charge in [0.2, 0.25) is 0 Å². The van der Waals surface area contributed by atoms with Crippen LogP contribution >= 0.6 is 22.9 Å². The lowest BCUT2D eigenvalue weighted by atomic mass is 10.1. The monoisotopic (exact) mass is 224 g/mol. The van der Waals surface area contributed by atoms with Crippen molar-refractivity contribution < 1.29 is 0 Å². The standard InChI is InChI=1S/C10H11N2P.H2S/c1-11-9-4-2-3-7-8(9)5-6-10(7)12-13;/h2-4,10,12H,5-6,13H2;1H2/t10-;/m0./s1. The highest BCUT2D eigenvalue weighted by Gasteiger charge is 2.22. The summed E-state index contributed by atoms with van der Waals surface area (Å²) in [5.41, 5.74) is 3.35. The summed E-state index contributed by atoms with van der Waals surface area (Å²) in [5, 5.41) is 3.19. The Morgan fingerprint density at radius 3 is 2.93 bits per heavy atom. The van der Waals surface area contributed by atoms with E-state index in [0.29, 0.717) is 6.04 Å². The van der Waals surface area contributed by atoms with Gasteiger partial charge in [-0.2, -0.15) is 13.5 Å². The molecule has 1 aromatic carbocycles. The van der Waals surface area contributed by atoms with Gasteiger partial charge < -0.3 is 0 Å². The molecule has 2 rings (SSSR count). The summed E-state index contributed by atoms with van der Waals surface area (Å²) in [4.78, 5) is 3.53. The molecule has 0 spiro atoms. The van der Waals surface area contributed by atoms with Crippen molar-refractivity contribution in [2.45, 2.75) is 18.9 Å². The van der Waals surface area contributed by atoms with E-state index >= 15 is 0 Å². The molecule has 74 valence electrons. The van der Waals surface area contributed by atoms with Gasteiger partial charge in [0.25, 0.3) is 0 Å². The molecule has 0 heterocycles. The predicted molar refractivity (Wildman–Crippen MR) is 67.0 cm³/mol. The SMILES string of the molecule is S.[C-]#[N+]c1cccc2c1CC[C@@H]2NP. The van der Waals surface area contributed by atoms with Gasteiger partial charge in [0, 0.05) is 6.04 Å². The first kappa shape index (κ1) is 11.5. The molecule has 14 heavy (non-hydrogen) atoms. The molecule has 4 heteroatoms. The van der Waals surface area contributed by atoms with Gasteiger partial charge in [-0.25, -0.2) is 4.85 Å². The van der Waals surface area contributed by atoms with E-state index in [-0.39, 0.29) is 13.5 Å². The van der Waals surface area contributed by atoms with Crippen LogP contribution in [0.3, 0.4) is 0 Å². The van der Waals surface area contributed by atoms with Crippen molar-refractivity contribution in [1.82, 2.24) is 5.09 Å². The van der Waals surface area contributed by atoms with Crippen molar-refractivity contribution in [3.63, 3.8) is 0 Å². The minimum atomic E-state index is 0. The molecule has 0 saturated carbocycles. The maximum absolute atomic E-state index is 7.03. The van der Waals surface area contributed by atoms with Crippen molar-refractivity contribution >= 4 is 28.6 Å². The molecule has 1 unspecified atom stereocenters. The zero-order valence-corrected chi connectivity index (χ0v) is 9.90. The lowest BCUT2D eigenvalue weighted by Gasteiger charge is -2.09. The van der Waals surface area contributed by atoms with Crippen LogP contribution in [0, 0.1) is 6.57 Å². The number of rotatable bonds is 1. The quantitative estimate of drug-likeness (QED) is 0.573. The van der Waals surface area contributed by atoms with Crippen LogP contribution in [0.25, 0.3) is 4.85 Å². The highest BCUT2D eigenvalue weighted by atomic mass is 32.1. The molecule has 2 nitrogen and oxygen atoms in total. The normalized spacial score (nSPS) is 18.1. The number of hydrogen-bond donors (Lipinski definition) is 1. The Kier molecular flexibility index (Phi) is 3.95. The largest absolute Gasteiger partial charge is 0.294 e. The average Bonchev–Trinajstić information content (AvgIpc) is 2.60. The Hall–Kier alpha value is -0.550. The van der Waals surface area contributed by atoms with Crippen LogP contribution in [0.2, 0.25) is 0 Å². The molecule has 1 aliphatic rings. The Morgan fingerprint density at radius 1 is 1.50 bits per heavy atom. The van der Waals surface area contributed by atoms with Crippen molar-refractivity contribution in [3.05, 3.63) is 40.7 Å². The number of hydrogen-bond acceptors (Lipinski definition) is 1. The Labute approximate surface area is 93.6 Å². The minimum Gasteiger partial charge on any atom is -0.294 e. The van der Waals surface area contributed by atoms with Gasteiger partial charge in [-0.15, -0.1) is 0 Å². The Morgan fingerprint density at radius 2 is 2.29 bits per heavy atom. The third kappa shape index (κ3) is 1.79. The topological polar surface area (TPSA) is 16.4 Å². The van der Waals surface area contributed by atoms with E-state index in [0.717, 1.165) is 18.5 Å². The summed E-state index contributed by atoms with van der Waals surface area (Å²) in [5.74, 6) is 0. The first-order valence-corrected chi connectivity index (χ1v) is 4.90. The number of nitrogens with zero attached hydrogens (tertiary/aromatic N) is 1.